The van der Waals surface area contributed by atoms with E-state index in [1.165, 1.54) is 5.56 Å². The summed E-state index contributed by atoms with van der Waals surface area (Å²) in [6.07, 6.45) is 0.108. The highest BCUT2D eigenvalue weighted by atomic mass is 35.5. The Morgan fingerprint density at radius 1 is 0.787 bits per heavy atom. The average Bonchev–Trinajstić information content (AvgIpc) is 3.07. The second kappa shape index (κ2) is 15.0. The lowest BCUT2D eigenvalue weighted by Crippen LogP contribution is -2.42. The van der Waals surface area contributed by atoms with Gasteiger partial charge in [-0.3, -0.25) is 4.79 Å². The molecule has 0 bridgehead atoms. The van der Waals surface area contributed by atoms with E-state index in [9.17, 15) is 14.7 Å². The third-order valence-corrected chi connectivity index (χ3v) is 8.20. The molecule has 6 nitrogen and oxygen atoms in total. The maximum absolute atomic E-state index is 13.4. The second-order valence-electron chi connectivity index (χ2n) is 12.5. The molecule has 0 spiro atoms. The van der Waals surface area contributed by atoms with Crippen molar-refractivity contribution in [2.45, 2.75) is 51.8 Å². The van der Waals surface area contributed by atoms with Crippen molar-refractivity contribution in [3.8, 4) is 16.9 Å². The molecule has 0 aromatic heterocycles. The molecule has 47 heavy (non-hydrogen) atoms. The van der Waals surface area contributed by atoms with Gasteiger partial charge >= 0.3 is 5.97 Å². The molecule has 0 saturated carbocycles. The number of halogens is 1. The first-order valence-electron chi connectivity index (χ1n) is 15.6. The van der Waals surface area contributed by atoms with E-state index in [0.717, 1.165) is 33.6 Å². The van der Waals surface area contributed by atoms with Gasteiger partial charge in [-0.25, -0.2) is 4.79 Å². The normalized spacial score (nSPS) is 11.8. The summed E-state index contributed by atoms with van der Waals surface area (Å²) in [5.74, 6) is -0.892. The number of benzene rings is 5. The standard InChI is InChI=1S/C40H39ClN2O4/c1-40(2,3)31-19-15-28(16-20-31)25-42-35-22-21-32(41)24-34(35)38(44)43-36(39(45)46)23-27-13-17-30(18-14-27)33-11-7-8-12-37(33)47-26-29-9-5-4-6-10-29/h4-22,24,36,42H,23,25-26H2,1-3H3,(H,43,44)(H,45,46)/t36-/m0/s1. The molecule has 0 unspecified atom stereocenters. The van der Waals surface area contributed by atoms with Gasteiger partial charge < -0.3 is 20.5 Å². The lowest BCUT2D eigenvalue weighted by molar-refractivity contribution is -0.139. The van der Waals surface area contributed by atoms with Gasteiger partial charge in [0.25, 0.3) is 5.91 Å². The highest BCUT2D eigenvalue weighted by molar-refractivity contribution is 6.31. The maximum atomic E-state index is 13.4. The fourth-order valence-electron chi connectivity index (χ4n) is 5.24. The molecule has 1 amide bonds. The molecule has 0 saturated heterocycles. The maximum Gasteiger partial charge on any atom is 0.326 e. The van der Waals surface area contributed by atoms with Crippen LogP contribution in [0.1, 0.15) is 53.4 Å². The number of para-hydroxylation sites is 1. The van der Waals surface area contributed by atoms with Crippen LogP contribution in [0.5, 0.6) is 5.75 Å². The number of carbonyl (C=O) groups excluding carboxylic acids is 1. The third-order valence-electron chi connectivity index (χ3n) is 7.96. The average molecular weight is 647 g/mol. The van der Waals surface area contributed by atoms with Crippen LogP contribution in [0.25, 0.3) is 11.1 Å². The summed E-state index contributed by atoms with van der Waals surface area (Å²) >= 11 is 6.26. The molecule has 0 aliphatic heterocycles. The van der Waals surface area contributed by atoms with Gasteiger partial charge in [-0.05, 0) is 57.5 Å². The van der Waals surface area contributed by atoms with Gasteiger partial charge in [0, 0.05) is 29.2 Å². The summed E-state index contributed by atoms with van der Waals surface area (Å²) in [6, 6.07) is 37.6. The van der Waals surface area contributed by atoms with Crippen LogP contribution >= 0.6 is 11.6 Å². The Hall–Kier alpha value is -5.07. The molecule has 240 valence electrons. The van der Waals surface area contributed by atoms with Crippen LogP contribution in [-0.4, -0.2) is 23.0 Å². The van der Waals surface area contributed by atoms with Crippen LogP contribution in [0, 0.1) is 0 Å². The predicted molar refractivity (Wildman–Crippen MR) is 189 cm³/mol. The molecule has 5 aromatic carbocycles. The fourth-order valence-corrected chi connectivity index (χ4v) is 5.41. The number of anilines is 1. The first kappa shape index (κ1) is 33.3. The predicted octanol–water partition coefficient (Wildman–Crippen LogP) is 8.92. The van der Waals surface area contributed by atoms with E-state index in [1.807, 2.05) is 78.9 Å². The minimum absolute atomic E-state index is 0.0547. The number of rotatable bonds is 12. The fraction of sp³-hybridized carbons (Fsp3) is 0.200. The van der Waals surface area contributed by atoms with E-state index in [-0.39, 0.29) is 17.4 Å². The van der Waals surface area contributed by atoms with E-state index in [2.05, 4.69) is 55.7 Å². The number of aliphatic carboxylic acids is 1. The highest BCUT2D eigenvalue weighted by Gasteiger charge is 2.23. The van der Waals surface area contributed by atoms with Crippen molar-refractivity contribution >= 4 is 29.2 Å². The molecule has 0 radical (unpaired) electrons. The Morgan fingerprint density at radius 3 is 2.13 bits per heavy atom. The van der Waals surface area contributed by atoms with Crippen molar-refractivity contribution in [3.63, 3.8) is 0 Å². The van der Waals surface area contributed by atoms with Gasteiger partial charge in [0.1, 0.15) is 18.4 Å². The first-order chi connectivity index (χ1) is 22.6. The number of hydrogen-bond donors (Lipinski definition) is 3. The minimum atomic E-state index is -1.15. The molecule has 3 N–H and O–H groups in total. The Morgan fingerprint density at radius 2 is 1.45 bits per heavy atom. The molecule has 0 heterocycles. The van der Waals surface area contributed by atoms with E-state index in [0.29, 0.717) is 23.9 Å². The van der Waals surface area contributed by atoms with Crippen molar-refractivity contribution in [1.82, 2.24) is 5.32 Å². The molecule has 0 aliphatic rings. The summed E-state index contributed by atoms with van der Waals surface area (Å²) in [5.41, 5.74) is 6.90. The van der Waals surface area contributed by atoms with Crippen LogP contribution in [0.3, 0.4) is 0 Å². The van der Waals surface area contributed by atoms with E-state index in [1.54, 1.807) is 18.2 Å². The smallest absolute Gasteiger partial charge is 0.326 e. The quantitative estimate of drug-likeness (QED) is 0.126. The SMILES string of the molecule is CC(C)(C)c1ccc(CNc2ccc(Cl)cc2C(=O)N[C@@H](Cc2ccc(-c3ccccc3OCc3ccccc3)cc2)C(=O)O)cc1. The molecule has 7 heteroatoms. The zero-order valence-corrected chi connectivity index (χ0v) is 27.6. The van der Waals surface area contributed by atoms with E-state index < -0.39 is 17.9 Å². The van der Waals surface area contributed by atoms with Crippen LogP contribution in [0.2, 0.25) is 5.02 Å². The topological polar surface area (TPSA) is 87.7 Å². The van der Waals surface area contributed by atoms with Crippen LogP contribution in [-0.2, 0) is 29.8 Å². The second-order valence-corrected chi connectivity index (χ2v) is 13.0. The minimum Gasteiger partial charge on any atom is -0.488 e. The molecule has 1 atom stereocenters. The number of hydrogen-bond acceptors (Lipinski definition) is 4. The number of nitrogens with one attached hydrogen (secondary N) is 2. The highest BCUT2D eigenvalue weighted by Crippen LogP contribution is 2.31. The molecule has 0 aliphatic carbocycles. The summed E-state index contributed by atoms with van der Waals surface area (Å²) in [7, 11) is 0. The van der Waals surface area contributed by atoms with Gasteiger partial charge in [-0.15, -0.1) is 0 Å². The van der Waals surface area contributed by atoms with Crippen molar-refractivity contribution in [1.29, 1.82) is 0 Å². The summed E-state index contributed by atoms with van der Waals surface area (Å²) in [5, 5.41) is 16.4. The van der Waals surface area contributed by atoms with E-state index >= 15 is 0 Å². The molecule has 5 aromatic rings. The Bertz CT molecular complexity index is 1810. The largest absolute Gasteiger partial charge is 0.488 e. The number of carboxylic acids is 1. The number of carboxylic acid groups (broad SMARTS) is 1. The zero-order chi connectivity index (χ0) is 33.4. The van der Waals surface area contributed by atoms with Gasteiger partial charge in [0.15, 0.2) is 0 Å². The van der Waals surface area contributed by atoms with Gasteiger partial charge in [-0.1, -0.05) is 129 Å². The number of amides is 1. The number of carbonyl (C=O) groups is 2. The van der Waals surface area contributed by atoms with Crippen LogP contribution < -0.4 is 15.4 Å². The van der Waals surface area contributed by atoms with Crippen molar-refractivity contribution in [2.75, 3.05) is 5.32 Å². The van der Waals surface area contributed by atoms with E-state index in [4.69, 9.17) is 16.3 Å². The van der Waals surface area contributed by atoms with Crippen LogP contribution in [0.15, 0.2) is 121 Å². The molecular weight excluding hydrogens is 608 g/mol. The van der Waals surface area contributed by atoms with Crippen molar-refractivity contribution in [3.05, 3.63) is 154 Å². The Labute approximate surface area is 281 Å². The first-order valence-corrected chi connectivity index (χ1v) is 16.0. The summed E-state index contributed by atoms with van der Waals surface area (Å²) in [6.45, 7) is 7.44. The monoisotopic (exact) mass is 646 g/mol. The van der Waals surface area contributed by atoms with Crippen molar-refractivity contribution in [2.24, 2.45) is 0 Å². The molecule has 0 fully saturated rings. The zero-order valence-electron chi connectivity index (χ0n) is 26.8. The molecule has 5 rings (SSSR count). The summed E-state index contributed by atoms with van der Waals surface area (Å²) < 4.78 is 6.13. The Kier molecular flexibility index (Phi) is 10.6. The lowest BCUT2D eigenvalue weighted by atomic mass is 9.87. The molecular formula is C40H39ClN2O4. The van der Waals surface area contributed by atoms with Gasteiger partial charge in [-0.2, -0.15) is 0 Å². The van der Waals surface area contributed by atoms with Gasteiger partial charge in [0.05, 0.1) is 5.56 Å². The third kappa shape index (κ3) is 9.02. The Balaban J connectivity index is 1.25. The summed E-state index contributed by atoms with van der Waals surface area (Å²) in [4.78, 5) is 25.7. The van der Waals surface area contributed by atoms with Crippen molar-refractivity contribution < 1.29 is 19.4 Å². The van der Waals surface area contributed by atoms with Crippen LogP contribution in [0.4, 0.5) is 5.69 Å². The number of ether oxygens (including phenoxy) is 1. The van der Waals surface area contributed by atoms with Gasteiger partial charge in [0.2, 0.25) is 0 Å². The lowest BCUT2D eigenvalue weighted by Gasteiger charge is -2.19.